The molecular formula is C19H22F3N3O2. The van der Waals surface area contributed by atoms with Crippen molar-refractivity contribution in [2.75, 3.05) is 20.7 Å². The fourth-order valence-electron chi connectivity index (χ4n) is 3.03. The molecule has 1 aromatic rings. The molecule has 0 spiro atoms. The molecule has 0 aromatic heterocycles. The van der Waals surface area contributed by atoms with Gasteiger partial charge in [-0.15, -0.1) is 0 Å². The van der Waals surface area contributed by atoms with Crippen LogP contribution < -0.4 is 5.32 Å². The molecule has 0 bridgehead atoms. The zero-order valence-corrected chi connectivity index (χ0v) is 15.4. The predicted molar refractivity (Wildman–Crippen MR) is 94.8 cm³/mol. The number of benzene rings is 1. The molecule has 27 heavy (non-hydrogen) atoms. The Bertz CT molecular complexity index is 798. The average Bonchev–Trinajstić information content (AvgIpc) is 3.46. The Kier molecular flexibility index (Phi) is 5.17. The molecule has 1 N–H and O–H groups in total. The first-order valence-electron chi connectivity index (χ1n) is 8.73. The van der Waals surface area contributed by atoms with Crippen molar-refractivity contribution in [2.24, 2.45) is 10.9 Å². The van der Waals surface area contributed by atoms with E-state index in [1.165, 1.54) is 13.2 Å². The standard InChI is InChI=1S/C19H22F3N3O2/c1-11-15(17(26)27-3)16(13-5-4-6-14(9-13)19(20,21)22)24-18(25(11)2)23-10-12-7-8-12/h4-6,9,12,16H,7-8,10H2,1-3H3,(H,23,24). The lowest BCUT2D eigenvalue weighted by Crippen LogP contribution is -2.47. The van der Waals surface area contributed by atoms with Crippen molar-refractivity contribution < 1.29 is 22.7 Å². The highest BCUT2D eigenvalue weighted by atomic mass is 19.4. The van der Waals surface area contributed by atoms with Crippen molar-refractivity contribution >= 4 is 11.9 Å². The third-order valence-electron chi connectivity index (χ3n) is 4.92. The largest absolute Gasteiger partial charge is 0.466 e. The van der Waals surface area contributed by atoms with Crippen LogP contribution in [0.1, 0.15) is 36.9 Å². The Balaban J connectivity index is 2.04. The van der Waals surface area contributed by atoms with Crippen LogP contribution in [0.5, 0.6) is 0 Å². The van der Waals surface area contributed by atoms with Crippen LogP contribution in [0.25, 0.3) is 0 Å². The van der Waals surface area contributed by atoms with Crippen LogP contribution in [0.15, 0.2) is 40.5 Å². The van der Waals surface area contributed by atoms with Crippen molar-refractivity contribution in [3.63, 3.8) is 0 Å². The molecule has 1 fully saturated rings. The number of carbonyl (C=O) groups is 1. The minimum atomic E-state index is -4.46. The average molecular weight is 381 g/mol. The second-order valence-corrected chi connectivity index (χ2v) is 6.86. The lowest BCUT2D eigenvalue weighted by molar-refractivity contribution is -0.137. The summed E-state index contributed by atoms with van der Waals surface area (Å²) in [7, 11) is 3.02. The van der Waals surface area contributed by atoms with Crippen molar-refractivity contribution in [1.82, 2.24) is 10.2 Å². The Morgan fingerprint density at radius 3 is 2.67 bits per heavy atom. The molecule has 146 valence electrons. The quantitative estimate of drug-likeness (QED) is 0.812. The van der Waals surface area contributed by atoms with E-state index < -0.39 is 23.8 Å². The zero-order chi connectivity index (χ0) is 19.8. The number of allylic oxidation sites excluding steroid dienone is 1. The molecule has 1 aliphatic carbocycles. The van der Waals surface area contributed by atoms with E-state index in [-0.39, 0.29) is 5.57 Å². The molecule has 1 atom stereocenters. The van der Waals surface area contributed by atoms with Gasteiger partial charge in [-0.05, 0) is 43.4 Å². The molecule has 1 aromatic carbocycles. The topological polar surface area (TPSA) is 53.9 Å². The van der Waals surface area contributed by atoms with E-state index in [4.69, 9.17) is 4.74 Å². The number of nitrogens with one attached hydrogen (secondary N) is 1. The van der Waals surface area contributed by atoms with Gasteiger partial charge in [0.25, 0.3) is 0 Å². The maximum atomic E-state index is 13.1. The van der Waals surface area contributed by atoms with Crippen LogP contribution in [0, 0.1) is 5.92 Å². The molecule has 1 aliphatic heterocycles. The van der Waals surface area contributed by atoms with Gasteiger partial charge in [-0.2, -0.15) is 13.2 Å². The molecule has 2 aliphatic rings. The third kappa shape index (κ3) is 4.09. The van der Waals surface area contributed by atoms with Gasteiger partial charge in [0.05, 0.1) is 24.3 Å². The van der Waals surface area contributed by atoms with E-state index in [9.17, 15) is 18.0 Å². The smallest absolute Gasteiger partial charge is 0.416 e. The van der Waals surface area contributed by atoms with Crippen molar-refractivity contribution in [3.8, 4) is 0 Å². The van der Waals surface area contributed by atoms with Gasteiger partial charge in [0.2, 0.25) is 0 Å². The van der Waals surface area contributed by atoms with Gasteiger partial charge in [0.1, 0.15) is 0 Å². The van der Waals surface area contributed by atoms with E-state index >= 15 is 0 Å². The maximum absolute atomic E-state index is 13.1. The second kappa shape index (κ2) is 7.25. The number of aliphatic imine (C=N–C) groups is 1. The van der Waals surface area contributed by atoms with E-state index in [0.717, 1.165) is 25.0 Å². The normalized spacial score (nSPS) is 22.1. The Labute approximate surface area is 155 Å². The van der Waals surface area contributed by atoms with Gasteiger partial charge in [0.15, 0.2) is 5.96 Å². The van der Waals surface area contributed by atoms with Crippen molar-refractivity contribution in [3.05, 3.63) is 46.7 Å². The lowest BCUT2D eigenvalue weighted by Gasteiger charge is -2.36. The first-order chi connectivity index (χ1) is 12.7. The third-order valence-corrected chi connectivity index (χ3v) is 4.92. The van der Waals surface area contributed by atoms with Crippen molar-refractivity contribution in [1.29, 1.82) is 0 Å². The highest BCUT2D eigenvalue weighted by molar-refractivity contribution is 5.96. The number of guanidine groups is 1. The Morgan fingerprint density at radius 1 is 1.37 bits per heavy atom. The first-order valence-corrected chi connectivity index (χ1v) is 8.73. The summed E-state index contributed by atoms with van der Waals surface area (Å²) < 4.78 is 44.3. The maximum Gasteiger partial charge on any atom is 0.416 e. The first kappa shape index (κ1) is 19.3. The minimum absolute atomic E-state index is 0.268. The predicted octanol–water partition coefficient (Wildman–Crippen LogP) is 3.49. The monoisotopic (exact) mass is 381 g/mol. The SMILES string of the molecule is COC(=O)C1=C(C)N(C)C(=NCC2CC2)NC1c1cccc(C(F)(F)F)c1. The van der Waals surface area contributed by atoms with Gasteiger partial charge < -0.3 is 15.0 Å². The molecular weight excluding hydrogens is 359 g/mol. The highest BCUT2D eigenvalue weighted by Gasteiger charge is 2.36. The lowest BCUT2D eigenvalue weighted by atomic mass is 9.93. The van der Waals surface area contributed by atoms with Gasteiger partial charge in [-0.25, -0.2) is 4.79 Å². The summed E-state index contributed by atoms with van der Waals surface area (Å²) in [6.07, 6.45) is -2.19. The fourth-order valence-corrected chi connectivity index (χ4v) is 3.03. The second-order valence-electron chi connectivity index (χ2n) is 6.86. The molecule has 8 heteroatoms. The fraction of sp³-hybridized carbons (Fsp3) is 0.474. The molecule has 0 amide bonds. The molecule has 0 radical (unpaired) electrons. The number of esters is 1. The molecule has 5 nitrogen and oxygen atoms in total. The summed E-state index contributed by atoms with van der Waals surface area (Å²) in [6.45, 7) is 2.39. The summed E-state index contributed by atoms with van der Waals surface area (Å²) in [4.78, 5) is 18.7. The summed E-state index contributed by atoms with van der Waals surface area (Å²) in [5, 5.41) is 3.13. The van der Waals surface area contributed by atoms with E-state index in [1.807, 2.05) is 0 Å². The molecule has 1 heterocycles. The molecule has 1 unspecified atom stereocenters. The van der Waals surface area contributed by atoms with Gasteiger partial charge >= 0.3 is 12.1 Å². The summed E-state index contributed by atoms with van der Waals surface area (Å²) in [5.41, 5.74) is 0.429. The Morgan fingerprint density at radius 2 is 2.07 bits per heavy atom. The minimum Gasteiger partial charge on any atom is -0.466 e. The number of carbonyl (C=O) groups excluding carboxylic acids is 1. The summed E-state index contributed by atoms with van der Waals surface area (Å²) >= 11 is 0. The van der Waals surface area contributed by atoms with Gasteiger partial charge in [-0.3, -0.25) is 4.99 Å². The Hall–Kier alpha value is -2.51. The van der Waals surface area contributed by atoms with Gasteiger partial charge in [0, 0.05) is 19.3 Å². The van der Waals surface area contributed by atoms with Crippen LogP contribution in [0.3, 0.4) is 0 Å². The van der Waals surface area contributed by atoms with Crippen LogP contribution >= 0.6 is 0 Å². The number of nitrogens with zero attached hydrogens (tertiary/aromatic N) is 2. The van der Waals surface area contributed by atoms with Crippen LogP contribution in [-0.2, 0) is 15.7 Å². The number of hydrogen-bond donors (Lipinski definition) is 1. The number of ether oxygens (including phenoxy) is 1. The number of alkyl halides is 3. The number of methoxy groups -OCH3 is 1. The van der Waals surface area contributed by atoms with Crippen LogP contribution in [0.2, 0.25) is 0 Å². The van der Waals surface area contributed by atoms with Crippen LogP contribution in [0.4, 0.5) is 13.2 Å². The van der Waals surface area contributed by atoms with Crippen LogP contribution in [-0.4, -0.2) is 37.5 Å². The molecule has 1 saturated carbocycles. The number of halogens is 3. The number of rotatable bonds is 4. The van der Waals surface area contributed by atoms with Gasteiger partial charge in [-0.1, -0.05) is 12.1 Å². The zero-order valence-electron chi connectivity index (χ0n) is 15.4. The molecule has 3 rings (SSSR count). The molecule has 0 saturated heterocycles. The number of hydrogen-bond acceptors (Lipinski definition) is 3. The van der Waals surface area contributed by atoms with Crippen molar-refractivity contribution in [2.45, 2.75) is 32.0 Å². The highest BCUT2D eigenvalue weighted by Crippen LogP contribution is 2.35. The summed E-state index contributed by atoms with van der Waals surface area (Å²) in [6, 6.07) is 4.19. The summed E-state index contributed by atoms with van der Waals surface area (Å²) in [5.74, 6) is 0.510. The van der Waals surface area contributed by atoms with E-state index in [0.29, 0.717) is 29.7 Å². The van der Waals surface area contributed by atoms with E-state index in [1.54, 1.807) is 24.9 Å². The van der Waals surface area contributed by atoms with E-state index in [2.05, 4.69) is 10.3 Å².